The van der Waals surface area contributed by atoms with Gasteiger partial charge in [-0.3, -0.25) is 0 Å². The van der Waals surface area contributed by atoms with Crippen LogP contribution < -0.4 is 5.32 Å². The Morgan fingerprint density at radius 3 is 2.50 bits per heavy atom. The normalized spacial score (nSPS) is 20.0. The van der Waals surface area contributed by atoms with Gasteiger partial charge in [-0.15, -0.1) is 0 Å². The van der Waals surface area contributed by atoms with Gasteiger partial charge >= 0.3 is 0 Å². The SMILES string of the molecule is CCNC(c1ccc(F)cc1F)C1(C)CCCC1. The summed E-state index contributed by atoms with van der Waals surface area (Å²) in [6, 6.07) is 3.89. The molecule has 1 fully saturated rings. The summed E-state index contributed by atoms with van der Waals surface area (Å²) in [5.41, 5.74) is 0.678. The van der Waals surface area contributed by atoms with Gasteiger partial charge in [0.2, 0.25) is 0 Å². The van der Waals surface area contributed by atoms with E-state index in [9.17, 15) is 8.78 Å². The molecule has 0 amide bonds. The summed E-state index contributed by atoms with van der Waals surface area (Å²) < 4.78 is 27.0. The lowest BCUT2D eigenvalue weighted by atomic mass is 9.77. The van der Waals surface area contributed by atoms with Crippen molar-refractivity contribution in [3.8, 4) is 0 Å². The quantitative estimate of drug-likeness (QED) is 0.848. The molecule has 1 saturated carbocycles. The smallest absolute Gasteiger partial charge is 0.130 e. The Labute approximate surface area is 108 Å². The second-order valence-electron chi connectivity index (χ2n) is 5.52. The molecule has 1 N–H and O–H groups in total. The molecule has 0 spiro atoms. The van der Waals surface area contributed by atoms with Crippen LogP contribution in [0, 0.1) is 17.0 Å². The van der Waals surface area contributed by atoms with Crippen molar-refractivity contribution >= 4 is 0 Å². The Bertz CT molecular complexity index is 411. The lowest BCUT2D eigenvalue weighted by molar-refractivity contribution is 0.221. The predicted octanol–water partition coefficient (Wildman–Crippen LogP) is 4.20. The average Bonchev–Trinajstić information content (AvgIpc) is 2.75. The number of rotatable bonds is 4. The van der Waals surface area contributed by atoms with Gasteiger partial charge in [0.1, 0.15) is 11.6 Å². The third-order valence-electron chi connectivity index (χ3n) is 4.12. The second-order valence-corrected chi connectivity index (χ2v) is 5.52. The number of hydrogen-bond donors (Lipinski definition) is 1. The van der Waals surface area contributed by atoms with E-state index in [1.807, 2.05) is 6.92 Å². The number of hydrogen-bond acceptors (Lipinski definition) is 1. The minimum atomic E-state index is -0.511. The molecule has 0 bridgehead atoms. The molecular formula is C15H21F2N. The monoisotopic (exact) mass is 253 g/mol. The summed E-state index contributed by atoms with van der Waals surface area (Å²) in [6.45, 7) is 5.01. The average molecular weight is 253 g/mol. The van der Waals surface area contributed by atoms with Gasteiger partial charge in [0, 0.05) is 17.7 Å². The van der Waals surface area contributed by atoms with Gasteiger partial charge in [-0.2, -0.15) is 0 Å². The molecule has 0 aromatic heterocycles. The standard InChI is InChI=1S/C15H21F2N/c1-3-18-14(15(2)8-4-5-9-15)12-7-6-11(16)10-13(12)17/h6-7,10,14,18H,3-5,8-9H2,1-2H3. The van der Waals surface area contributed by atoms with Gasteiger partial charge < -0.3 is 5.32 Å². The largest absolute Gasteiger partial charge is 0.310 e. The van der Waals surface area contributed by atoms with Gasteiger partial charge in [0.05, 0.1) is 0 Å². The lowest BCUT2D eigenvalue weighted by Crippen LogP contribution is -2.35. The molecule has 1 atom stereocenters. The highest BCUT2D eigenvalue weighted by Crippen LogP contribution is 2.47. The molecule has 0 radical (unpaired) electrons. The van der Waals surface area contributed by atoms with Gasteiger partial charge in [-0.1, -0.05) is 32.8 Å². The Hall–Kier alpha value is -0.960. The number of nitrogens with one attached hydrogen (secondary N) is 1. The van der Waals surface area contributed by atoms with E-state index in [2.05, 4.69) is 12.2 Å². The highest BCUT2D eigenvalue weighted by molar-refractivity contribution is 5.24. The van der Waals surface area contributed by atoms with Crippen molar-refractivity contribution in [2.75, 3.05) is 6.54 Å². The zero-order valence-corrected chi connectivity index (χ0v) is 11.1. The summed E-state index contributed by atoms with van der Waals surface area (Å²) in [5.74, 6) is -0.947. The van der Waals surface area contributed by atoms with E-state index in [4.69, 9.17) is 0 Å². The van der Waals surface area contributed by atoms with Gasteiger partial charge in [-0.25, -0.2) is 8.78 Å². The van der Waals surface area contributed by atoms with Crippen LogP contribution in [0.3, 0.4) is 0 Å². The van der Waals surface area contributed by atoms with Crippen LogP contribution in [-0.4, -0.2) is 6.54 Å². The third kappa shape index (κ3) is 2.56. The Kier molecular flexibility index (Phi) is 4.00. The molecule has 0 heterocycles. The highest BCUT2D eigenvalue weighted by Gasteiger charge is 2.38. The summed E-state index contributed by atoms with van der Waals surface area (Å²) in [5, 5.41) is 3.38. The minimum Gasteiger partial charge on any atom is -0.310 e. The van der Waals surface area contributed by atoms with Crippen molar-refractivity contribution in [1.29, 1.82) is 0 Å². The Balaban J connectivity index is 2.34. The molecule has 1 aromatic carbocycles. The van der Waals surface area contributed by atoms with Crippen LogP contribution in [0.25, 0.3) is 0 Å². The molecule has 1 aliphatic rings. The number of halogens is 2. The summed E-state index contributed by atoms with van der Waals surface area (Å²) in [7, 11) is 0. The molecule has 1 aliphatic carbocycles. The van der Waals surface area contributed by atoms with Gasteiger partial charge in [0.15, 0.2) is 0 Å². The molecule has 18 heavy (non-hydrogen) atoms. The van der Waals surface area contributed by atoms with Crippen molar-refractivity contribution in [3.63, 3.8) is 0 Å². The van der Waals surface area contributed by atoms with Crippen LogP contribution in [0.1, 0.15) is 51.1 Å². The van der Waals surface area contributed by atoms with Crippen LogP contribution in [-0.2, 0) is 0 Å². The van der Waals surface area contributed by atoms with E-state index in [1.54, 1.807) is 6.07 Å². The molecule has 3 heteroatoms. The van der Waals surface area contributed by atoms with Gasteiger partial charge in [0.25, 0.3) is 0 Å². The summed E-state index contributed by atoms with van der Waals surface area (Å²) >= 11 is 0. The zero-order valence-electron chi connectivity index (χ0n) is 11.1. The van der Waals surface area contributed by atoms with Crippen molar-refractivity contribution in [2.24, 2.45) is 5.41 Å². The summed E-state index contributed by atoms with van der Waals surface area (Å²) in [4.78, 5) is 0. The lowest BCUT2D eigenvalue weighted by Gasteiger charge is -2.35. The maximum absolute atomic E-state index is 14.0. The van der Waals surface area contributed by atoms with Crippen molar-refractivity contribution in [2.45, 2.75) is 45.6 Å². The Morgan fingerprint density at radius 2 is 1.94 bits per heavy atom. The van der Waals surface area contributed by atoms with Crippen molar-refractivity contribution in [1.82, 2.24) is 5.32 Å². The van der Waals surface area contributed by atoms with E-state index < -0.39 is 11.6 Å². The molecule has 1 aromatic rings. The highest BCUT2D eigenvalue weighted by atomic mass is 19.1. The Morgan fingerprint density at radius 1 is 1.28 bits per heavy atom. The first-order valence-electron chi connectivity index (χ1n) is 6.75. The molecule has 1 nitrogen and oxygen atoms in total. The zero-order chi connectivity index (χ0) is 13.2. The maximum atomic E-state index is 14.0. The first-order valence-corrected chi connectivity index (χ1v) is 6.75. The van der Waals surface area contributed by atoms with E-state index in [1.165, 1.54) is 18.9 Å². The number of benzene rings is 1. The van der Waals surface area contributed by atoms with Crippen LogP contribution >= 0.6 is 0 Å². The van der Waals surface area contributed by atoms with E-state index >= 15 is 0 Å². The van der Waals surface area contributed by atoms with E-state index in [0.717, 1.165) is 25.5 Å². The third-order valence-corrected chi connectivity index (χ3v) is 4.12. The fourth-order valence-corrected chi connectivity index (χ4v) is 3.14. The summed E-state index contributed by atoms with van der Waals surface area (Å²) in [6.07, 6.45) is 4.59. The van der Waals surface area contributed by atoms with Crippen LogP contribution in [0.4, 0.5) is 8.78 Å². The van der Waals surface area contributed by atoms with Crippen LogP contribution in [0.2, 0.25) is 0 Å². The molecule has 0 aliphatic heterocycles. The van der Waals surface area contributed by atoms with E-state index in [-0.39, 0.29) is 11.5 Å². The molecular weight excluding hydrogens is 232 g/mol. The maximum Gasteiger partial charge on any atom is 0.130 e. The molecule has 0 saturated heterocycles. The predicted molar refractivity (Wildman–Crippen MR) is 69.4 cm³/mol. The van der Waals surface area contributed by atoms with Crippen molar-refractivity contribution in [3.05, 3.63) is 35.4 Å². The molecule has 1 unspecified atom stereocenters. The first kappa shape index (κ1) is 13.5. The van der Waals surface area contributed by atoms with Gasteiger partial charge in [-0.05, 0) is 30.9 Å². The molecule has 2 rings (SSSR count). The topological polar surface area (TPSA) is 12.0 Å². The fourth-order valence-electron chi connectivity index (χ4n) is 3.14. The molecule has 100 valence electrons. The fraction of sp³-hybridized carbons (Fsp3) is 0.600. The van der Waals surface area contributed by atoms with Crippen LogP contribution in [0.5, 0.6) is 0 Å². The van der Waals surface area contributed by atoms with E-state index in [0.29, 0.717) is 5.56 Å². The minimum absolute atomic E-state index is 0.0226. The second kappa shape index (κ2) is 5.35. The first-order chi connectivity index (χ1) is 8.57. The van der Waals surface area contributed by atoms with Crippen molar-refractivity contribution < 1.29 is 8.78 Å². The van der Waals surface area contributed by atoms with Crippen LogP contribution in [0.15, 0.2) is 18.2 Å².